The molecule has 0 spiro atoms. The molecule has 0 amide bonds. The normalized spacial score (nSPS) is 27.1. The van der Waals surface area contributed by atoms with Gasteiger partial charge < -0.3 is 5.32 Å². The van der Waals surface area contributed by atoms with Gasteiger partial charge in [0.15, 0.2) is 0 Å². The van der Waals surface area contributed by atoms with Gasteiger partial charge in [-0.25, -0.2) is 13.2 Å². The average Bonchev–Trinajstić information content (AvgIpc) is 2.32. The van der Waals surface area contributed by atoms with Crippen LogP contribution in [-0.4, -0.2) is 12.5 Å². The smallest absolute Gasteiger partial charge is 0.270 e. The fourth-order valence-electron chi connectivity index (χ4n) is 2.86. The van der Waals surface area contributed by atoms with E-state index in [2.05, 4.69) is 5.32 Å². The summed E-state index contributed by atoms with van der Waals surface area (Å²) in [5, 5.41) is 2.92. The monoisotopic (exact) mass is 257 g/mol. The van der Waals surface area contributed by atoms with Crippen LogP contribution in [0.5, 0.6) is 0 Å². The van der Waals surface area contributed by atoms with E-state index >= 15 is 0 Å². The second-order valence-electron chi connectivity index (χ2n) is 4.86. The molecule has 1 N–H and O–H groups in total. The first-order valence-corrected chi connectivity index (χ1v) is 6.41. The number of hydrogen-bond acceptors (Lipinski definition) is 1. The van der Waals surface area contributed by atoms with Crippen LogP contribution in [0.2, 0.25) is 0 Å². The van der Waals surface area contributed by atoms with Gasteiger partial charge in [0.1, 0.15) is 11.4 Å². The zero-order valence-electron chi connectivity index (χ0n) is 10.5. The van der Waals surface area contributed by atoms with Crippen LogP contribution in [-0.2, 0) is 5.54 Å². The van der Waals surface area contributed by atoms with Crippen molar-refractivity contribution in [3.8, 4) is 0 Å². The van der Waals surface area contributed by atoms with E-state index < -0.39 is 17.3 Å². The van der Waals surface area contributed by atoms with Gasteiger partial charge in [0.25, 0.3) is 5.92 Å². The molecule has 4 heteroatoms. The highest BCUT2D eigenvalue weighted by atomic mass is 19.3. The van der Waals surface area contributed by atoms with Crippen LogP contribution in [0.3, 0.4) is 0 Å². The maximum atomic E-state index is 14.3. The molecule has 18 heavy (non-hydrogen) atoms. The Morgan fingerprint density at radius 2 is 1.94 bits per heavy atom. The molecule has 2 rings (SSSR count). The summed E-state index contributed by atoms with van der Waals surface area (Å²) >= 11 is 0. The molecule has 100 valence electrons. The van der Waals surface area contributed by atoms with E-state index in [4.69, 9.17) is 0 Å². The summed E-state index contributed by atoms with van der Waals surface area (Å²) in [5.74, 6) is -3.30. The van der Waals surface area contributed by atoms with Gasteiger partial charge in [-0.2, -0.15) is 0 Å². The first-order chi connectivity index (χ1) is 8.52. The highest BCUT2D eigenvalue weighted by Gasteiger charge is 2.55. The molecular formula is C14H18F3N. The highest BCUT2D eigenvalue weighted by molar-refractivity contribution is 5.29. The summed E-state index contributed by atoms with van der Waals surface area (Å²) in [4.78, 5) is 0. The minimum Gasteiger partial charge on any atom is -0.303 e. The summed E-state index contributed by atoms with van der Waals surface area (Å²) in [6.45, 7) is 2.23. The van der Waals surface area contributed by atoms with Crippen molar-refractivity contribution < 1.29 is 13.2 Å². The predicted octanol–water partition coefficient (Wildman–Crippen LogP) is 3.84. The maximum Gasteiger partial charge on any atom is 0.270 e. The quantitative estimate of drug-likeness (QED) is 0.867. The lowest BCUT2D eigenvalue weighted by Gasteiger charge is -2.45. The van der Waals surface area contributed by atoms with Gasteiger partial charge in [0, 0.05) is 6.42 Å². The van der Waals surface area contributed by atoms with Gasteiger partial charge in [0.05, 0.1) is 0 Å². The van der Waals surface area contributed by atoms with Crippen molar-refractivity contribution in [3.05, 3.63) is 35.6 Å². The Kier molecular flexibility index (Phi) is 3.66. The number of rotatable bonds is 3. The number of hydrogen-bond donors (Lipinski definition) is 1. The Balaban J connectivity index is 2.48. The van der Waals surface area contributed by atoms with Crippen LogP contribution in [0.15, 0.2) is 24.3 Å². The first kappa shape index (κ1) is 13.4. The second kappa shape index (κ2) is 4.92. The van der Waals surface area contributed by atoms with Crippen molar-refractivity contribution in [1.29, 1.82) is 0 Å². The third-order valence-electron chi connectivity index (χ3n) is 3.71. The highest BCUT2D eigenvalue weighted by Crippen LogP contribution is 2.48. The van der Waals surface area contributed by atoms with Crippen molar-refractivity contribution in [3.63, 3.8) is 0 Å². The van der Waals surface area contributed by atoms with Crippen LogP contribution in [0.1, 0.15) is 38.2 Å². The Morgan fingerprint density at radius 1 is 1.22 bits per heavy atom. The lowest BCUT2D eigenvalue weighted by molar-refractivity contribution is -0.121. The fraction of sp³-hybridized carbons (Fsp3) is 0.571. The average molecular weight is 257 g/mol. The molecule has 1 aliphatic rings. The van der Waals surface area contributed by atoms with Gasteiger partial charge in [-0.3, -0.25) is 0 Å². The lowest BCUT2D eigenvalue weighted by Crippen LogP contribution is -2.57. The van der Waals surface area contributed by atoms with Gasteiger partial charge in [0.2, 0.25) is 0 Å². The first-order valence-electron chi connectivity index (χ1n) is 6.41. The van der Waals surface area contributed by atoms with Crippen LogP contribution in [0.4, 0.5) is 13.2 Å². The van der Waals surface area contributed by atoms with Crippen molar-refractivity contribution in [2.24, 2.45) is 0 Å². The van der Waals surface area contributed by atoms with E-state index in [0.717, 1.165) is 6.42 Å². The molecule has 1 aromatic rings. The number of benzene rings is 1. The predicted molar refractivity (Wildman–Crippen MR) is 65.2 cm³/mol. The number of nitrogens with one attached hydrogen (secondary N) is 1. The summed E-state index contributed by atoms with van der Waals surface area (Å²) in [5.41, 5.74) is -1.06. The molecule has 1 atom stereocenters. The van der Waals surface area contributed by atoms with Gasteiger partial charge in [-0.05, 0) is 37.1 Å². The molecule has 1 aliphatic carbocycles. The van der Waals surface area contributed by atoms with E-state index in [1.807, 2.05) is 0 Å². The lowest BCUT2D eigenvalue weighted by atomic mass is 9.73. The third-order valence-corrected chi connectivity index (χ3v) is 3.71. The Bertz CT molecular complexity index is 415. The summed E-state index contributed by atoms with van der Waals surface area (Å²) < 4.78 is 42.0. The Labute approximate surface area is 105 Å². The molecule has 1 fully saturated rings. The topological polar surface area (TPSA) is 12.0 Å². The summed E-state index contributed by atoms with van der Waals surface area (Å²) in [6.07, 6.45) is 1.46. The fourth-order valence-corrected chi connectivity index (χ4v) is 2.86. The Hall–Kier alpha value is -1.03. The van der Waals surface area contributed by atoms with E-state index in [9.17, 15) is 13.2 Å². The van der Waals surface area contributed by atoms with Crippen molar-refractivity contribution >= 4 is 0 Å². The van der Waals surface area contributed by atoms with Gasteiger partial charge in [-0.1, -0.05) is 25.5 Å². The van der Waals surface area contributed by atoms with E-state index in [1.165, 1.54) is 18.2 Å². The number of alkyl halides is 2. The molecule has 0 bridgehead atoms. The minimum absolute atomic E-state index is 0.142. The summed E-state index contributed by atoms with van der Waals surface area (Å²) in [6, 6.07) is 5.59. The second-order valence-corrected chi connectivity index (χ2v) is 4.86. The van der Waals surface area contributed by atoms with Crippen molar-refractivity contribution in [1.82, 2.24) is 5.32 Å². The van der Waals surface area contributed by atoms with E-state index in [0.29, 0.717) is 24.9 Å². The largest absolute Gasteiger partial charge is 0.303 e. The molecule has 1 aromatic carbocycles. The zero-order chi connectivity index (χ0) is 13.2. The molecule has 0 unspecified atom stereocenters. The van der Waals surface area contributed by atoms with Crippen LogP contribution < -0.4 is 5.32 Å². The standard InChI is InChI=1S/C14H18F3N/c1-2-18-13(8-3-4-9-14(13,16)17)11-6-5-7-12(15)10-11/h5-7,10,18H,2-4,8-9H2,1H3/t13-/m0/s1. The summed E-state index contributed by atoms with van der Waals surface area (Å²) in [7, 11) is 0. The molecule has 0 aliphatic heterocycles. The van der Waals surface area contributed by atoms with Crippen molar-refractivity contribution in [2.75, 3.05) is 6.54 Å². The zero-order valence-corrected chi connectivity index (χ0v) is 10.5. The van der Waals surface area contributed by atoms with E-state index in [1.54, 1.807) is 13.0 Å². The SMILES string of the molecule is CCN[C@]1(c2cccc(F)c2)CCCCC1(F)F. The maximum absolute atomic E-state index is 14.3. The van der Waals surface area contributed by atoms with E-state index in [-0.39, 0.29) is 6.42 Å². The van der Waals surface area contributed by atoms with Gasteiger partial charge >= 0.3 is 0 Å². The third kappa shape index (κ3) is 2.14. The molecule has 1 nitrogen and oxygen atoms in total. The van der Waals surface area contributed by atoms with Gasteiger partial charge in [-0.15, -0.1) is 0 Å². The molecule has 1 saturated carbocycles. The van der Waals surface area contributed by atoms with Crippen LogP contribution in [0, 0.1) is 5.82 Å². The van der Waals surface area contributed by atoms with Crippen molar-refractivity contribution in [2.45, 2.75) is 44.1 Å². The van der Waals surface area contributed by atoms with Crippen LogP contribution in [0.25, 0.3) is 0 Å². The number of halogens is 3. The van der Waals surface area contributed by atoms with Crippen LogP contribution >= 0.6 is 0 Å². The molecule has 0 heterocycles. The molecular weight excluding hydrogens is 239 g/mol. The molecule has 0 saturated heterocycles. The molecule has 0 radical (unpaired) electrons. The Morgan fingerprint density at radius 3 is 2.56 bits per heavy atom. The molecule has 0 aromatic heterocycles. The minimum atomic E-state index is -2.84.